The molecule has 1 amide bonds. The number of nitrogens with zero attached hydrogens (tertiary/aromatic N) is 7. The number of pyridine rings is 1. The second-order valence-corrected chi connectivity index (χ2v) is 7.59. The van der Waals surface area contributed by atoms with Gasteiger partial charge < -0.3 is 0 Å². The number of fused-ring (bicyclic) bond motifs is 1. The Bertz CT molecular complexity index is 1450. The predicted octanol–water partition coefficient (Wildman–Crippen LogP) is 3.51. The number of thiazole rings is 1. The van der Waals surface area contributed by atoms with Crippen molar-refractivity contribution in [2.75, 3.05) is 5.32 Å². The molecule has 0 aliphatic heterocycles. The van der Waals surface area contributed by atoms with E-state index in [2.05, 4.69) is 25.5 Å². The number of amides is 1. The van der Waals surface area contributed by atoms with Crippen LogP contribution in [0.2, 0.25) is 0 Å². The van der Waals surface area contributed by atoms with Crippen molar-refractivity contribution in [3.63, 3.8) is 0 Å². The van der Waals surface area contributed by atoms with Gasteiger partial charge in [-0.15, -0.1) is 16.4 Å². The molecule has 0 aliphatic carbocycles. The van der Waals surface area contributed by atoms with E-state index in [0.717, 1.165) is 5.56 Å². The number of rotatable bonds is 5. The summed E-state index contributed by atoms with van der Waals surface area (Å²) in [6.07, 6.45) is 3.13. The summed E-state index contributed by atoms with van der Waals surface area (Å²) in [5.74, 6) is 0.368. The second kappa shape index (κ2) is 7.67. The first-order valence-corrected chi connectivity index (χ1v) is 10.3. The second-order valence-electron chi connectivity index (χ2n) is 6.75. The fourth-order valence-corrected chi connectivity index (χ4v) is 4.03. The minimum absolute atomic E-state index is 0.00776. The minimum Gasteiger partial charge on any atom is -0.289 e. The van der Waals surface area contributed by atoms with E-state index in [1.54, 1.807) is 46.6 Å². The van der Waals surface area contributed by atoms with E-state index in [1.807, 2.05) is 11.4 Å². The summed E-state index contributed by atoms with van der Waals surface area (Å²) in [7, 11) is 0. The van der Waals surface area contributed by atoms with Gasteiger partial charge in [0.1, 0.15) is 0 Å². The van der Waals surface area contributed by atoms with E-state index in [1.165, 1.54) is 29.7 Å². The Kier molecular flexibility index (Phi) is 4.67. The van der Waals surface area contributed by atoms with Gasteiger partial charge in [-0.05, 0) is 31.2 Å². The van der Waals surface area contributed by atoms with Crippen LogP contribution in [-0.4, -0.2) is 40.2 Å². The fraction of sp³-hybridized carbons (Fsp3) is 0.0500. The number of hydrogen-bond acceptors (Lipinski definition) is 8. The summed E-state index contributed by atoms with van der Waals surface area (Å²) in [5.41, 5.74) is 2.48. The lowest BCUT2D eigenvalue weighted by molar-refractivity contribution is -0.384. The molecular weight excluding hydrogens is 432 g/mol. The normalized spacial score (nSPS) is 11.0. The molecule has 1 aromatic carbocycles. The van der Waals surface area contributed by atoms with Gasteiger partial charge in [0.2, 0.25) is 4.96 Å². The van der Waals surface area contributed by atoms with Gasteiger partial charge in [-0.3, -0.25) is 20.2 Å². The van der Waals surface area contributed by atoms with Crippen LogP contribution < -0.4 is 5.32 Å². The molecule has 0 atom stereocenters. The highest BCUT2D eigenvalue weighted by Gasteiger charge is 2.19. The van der Waals surface area contributed by atoms with Crippen LogP contribution in [0.1, 0.15) is 16.1 Å². The molecule has 1 N–H and O–H groups in total. The van der Waals surface area contributed by atoms with Crippen molar-refractivity contribution in [1.29, 1.82) is 0 Å². The van der Waals surface area contributed by atoms with Crippen molar-refractivity contribution in [3.8, 4) is 17.1 Å². The quantitative estimate of drug-likeness (QED) is 0.323. The highest BCUT2D eigenvalue weighted by molar-refractivity contribution is 7.15. The van der Waals surface area contributed by atoms with E-state index in [0.29, 0.717) is 27.7 Å². The van der Waals surface area contributed by atoms with Crippen LogP contribution in [0.4, 0.5) is 11.6 Å². The molecular formula is C20H14N8O3S. The molecule has 11 nitrogen and oxygen atoms in total. The minimum atomic E-state index is -0.450. The lowest BCUT2D eigenvalue weighted by Crippen LogP contribution is -2.14. The van der Waals surface area contributed by atoms with Gasteiger partial charge >= 0.3 is 0 Å². The van der Waals surface area contributed by atoms with Crippen molar-refractivity contribution >= 4 is 33.8 Å². The Labute approximate surface area is 184 Å². The van der Waals surface area contributed by atoms with Crippen LogP contribution in [0.25, 0.3) is 22.0 Å². The standard InChI is InChI=1S/C20H14N8O3S/c1-12-15(10-22-26(12)17-4-2-3-9-21-17)18(29)23-19-24-20-27(25-19)16(11-32-20)13-5-7-14(8-6-13)28(30)31/h2-11H,1H3,(H,23,25,29). The Hall–Kier alpha value is -4.45. The number of carbonyl (C=O) groups is 1. The molecule has 5 aromatic rings. The number of nitro benzene ring substituents is 1. The van der Waals surface area contributed by atoms with Crippen molar-refractivity contribution in [2.45, 2.75) is 6.92 Å². The maximum Gasteiger partial charge on any atom is 0.269 e. The zero-order chi connectivity index (χ0) is 22.2. The first kappa shape index (κ1) is 19.5. The third-order valence-electron chi connectivity index (χ3n) is 4.80. The van der Waals surface area contributed by atoms with E-state index in [9.17, 15) is 14.9 Å². The van der Waals surface area contributed by atoms with E-state index in [4.69, 9.17) is 0 Å². The van der Waals surface area contributed by atoms with Crippen molar-refractivity contribution < 1.29 is 9.72 Å². The monoisotopic (exact) mass is 446 g/mol. The number of nitrogens with one attached hydrogen (secondary N) is 1. The van der Waals surface area contributed by atoms with Crippen molar-refractivity contribution in [3.05, 3.63) is 81.6 Å². The largest absolute Gasteiger partial charge is 0.289 e. The molecule has 0 spiro atoms. The Morgan fingerprint density at radius 1 is 1.19 bits per heavy atom. The number of nitro groups is 1. The van der Waals surface area contributed by atoms with Gasteiger partial charge in [-0.2, -0.15) is 10.1 Å². The van der Waals surface area contributed by atoms with Crippen LogP contribution in [0, 0.1) is 17.0 Å². The van der Waals surface area contributed by atoms with Crippen LogP contribution in [0.15, 0.2) is 60.2 Å². The molecule has 0 saturated carbocycles. The predicted molar refractivity (Wildman–Crippen MR) is 117 cm³/mol. The average Bonchev–Trinajstić information content (AvgIpc) is 3.48. The van der Waals surface area contributed by atoms with Gasteiger partial charge in [-0.25, -0.2) is 14.2 Å². The molecule has 32 heavy (non-hydrogen) atoms. The van der Waals surface area contributed by atoms with Crippen LogP contribution >= 0.6 is 11.3 Å². The van der Waals surface area contributed by atoms with Gasteiger partial charge in [0, 0.05) is 29.3 Å². The molecule has 5 rings (SSSR count). The third-order valence-corrected chi connectivity index (χ3v) is 5.62. The zero-order valence-electron chi connectivity index (χ0n) is 16.5. The molecule has 158 valence electrons. The molecule has 12 heteroatoms. The zero-order valence-corrected chi connectivity index (χ0v) is 17.4. The summed E-state index contributed by atoms with van der Waals surface area (Å²) < 4.78 is 3.17. The maximum absolute atomic E-state index is 12.8. The fourth-order valence-electron chi connectivity index (χ4n) is 3.20. The number of benzene rings is 1. The maximum atomic E-state index is 12.8. The lowest BCUT2D eigenvalue weighted by atomic mass is 10.1. The van der Waals surface area contributed by atoms with Crippen LogP contribution in [0.3, 0.4) is 0 Å². The Balaban J connectivity index is 1.40. The molecule has 0 aliphatic rings. The molecule has 0 saturated heterocycles. The summed E-state index contributed by atoms with van der Waals surface area (Å²) in [6.45, 7) is 1.78. The number of carbonyl (C=O) groups excluding carboxylic acids is 1. The van der Waals surface area contributed by atoms with Crippen LogP contribution in [-0.2, 0) is 0 Å². The van der Waals surface area contributed by atoms with Gasteiger partial charge in [0.05, 0.1) is 28.1 Å². The first-order valence-electron chi connectivity index (χ1n) is 9.38. The topological polar surface area (TPSA) is 133 Å². The summed E-state index contributed by atoms with van der Waals surface area (Å²) >= 11 is 1.35. The third kappa shape index (κ3) is 3.37. The van der Waals surface area contributed by atoms with Crippen molar-refractivity contribution in [1.82, 2.24) is 29.4 Å². The average molecular weight is 446 g/mol. The van der Waals surface area contributed by atoms with Gasteiger partial charge in [0.15, 0.2) is 5.82 Å². The summed E-state index contributed by atoms with van der Waals surface area (Å²) in [6, 6.07) is 11.6. The number of anilines is 1. The number of non-ortho nitro benzene ring substituents is 1. The molecule has 0 fully saturated rings. The van der Waals surface area contributed by atoms with E-state index < -0.39 is 4.92 Å². The Morgan fingerprint density at radius 2 is 2.00 bits per heavy atom. The van der Waals surface area contributed by atoms with Gasteiger partial charge in [-0.1, -0.05) is 6.07 Å². The molecule has 0 unspecified atom stereocenters. The highest BCUT2D eigenvalue weighted by atomic mass is 32.1. The molecule has 4 aromatic heterocycles. The molecule has 4 heterocycles. The van der Waals surface area contributed by atoms with E-state index in [-0.39, 0.29) is 17.5 Å². The first-order chi connectivity index (χ1) is 15.5. The van der Waals surface area contributed by atoms with E-state index >= 15 is 0 Å². The molecule has 0 radical (unpaired) electrons. The van der Waals surface area contributed by atoms with Crippen LogP contribution in [0.5, 0.6) is 0 Å². The number of aromatic nitrogens is 6. The smallest absolute Gasteiger partial charge is 0.269 e. The van der Waals surface area contributed by atoms with Gasteiger partial charge in [0.25, 0.3) is 17.5 Å². The number of hydrogen-bond donors (Lipinski definition) is 1. The lowest BCUT2D eigenvalue weighted by Gasteiger charge is -2.04. The SMILES string of the molecule is Cc1c(C(=O)Nc2nc3scc(-c4ccc([N+](=O)[O-])cc4)n3n2)cnn1-c1ccccn1. The van der Waals surface area contributed by atoms with Crippen molar-refractivity contribution in [2.24, 2.45) is 0 Å². The molecule has 0 bridgehead atoms. The summed E-state index contributed by atoms with van der Waals surface area (Å²) in [4.78, 5) is 32.4. The Morgan fingerprint density at radius 3 is 2.72 bits per heavy atom. The highest BCUT2D eigenvalue weighted by Crippen LogP contribution is 2.27. The summed E-state index contributed by atoms with van der Waals surface area (Å²) in [5, 5.41) is 24.1.